The monoisotopic (exact) mass is 170 g/mol. The fourth-order valence-corrected chi connectivity index (χ4v) is 1.30. The van der Waals surface area contributed by atoms with Gasteiger partial charge in [-0.2, -0.15) is 5.10 Å². The van der Waals surface area contributed by atoms with Crippen molar-refractivity contribution in [3.63, 3.8) is 0 Å². The lowest BCUT2D eigenvalue weighted by Gasteiger charge is -2.16. The van der Waals surface area contributed by atoms with E-state index in [1.54, 1.807) is 0 Å². The molecule has 0 amide bonds. The van der Waals surface area contributed by atoms with Crippen LogP contribution in [0, 0.1) is 0 Å². The number of carbonyl (C=O) groups excluding carboxylic acids is 1. The van der Waals surface area contributed by atoms with Crippen LogP contribution < -0.4 is 0 Å². The van der Waals surface area contributed by atoms with Crippen molar-refractivity contribution in [3.8, 4) is 0 Å². The van der Waals surface area contributed by atoms with Crippen LogP contribution in [-0.4, -0.2) is 36.4 Å². The first-order chi connectivity index (χ1) is 5.69. The first kappa shape index (κ1) is 9.03. The second-order valence-electron chi connectivity index (χ2n) is 2.85. The number of hydrogen-bond donors (Lipinski definition) is 0. The number of rotatable bonds is 2. The van der Waals surface area contributed by atoms with E-state index in [0.29, 0.717) is 18.2 Å². The van der Waals surface area contributed by atoms with Gasteiger partial charge in [-0.25, -0.2) is 4.79 Å². The van der Waals surface area contributed by atoms with Gasteiger partial charge in [-0.05, 0) is 13.8 Å². The number of ether oxygens (including phenoxy) is 1. The summed E-state index contributed by atoms with van der Waals surface area (Å²) in [5, 5.41) is 6.03. The summed E-state index contributed by atoms with van der Waals surface area (Å²) >= 11 is 0. The molecule has 0 saturated heterocycles. The Morgan fingerprint density at radius 1 is 1.83 bits per heavy atom. The van der Waals surface area contributed by atoms with Crippen molar-refractivity contribution < 1.29 is 9.53 Å². The minimum Gasteiger partial charge on any atom is -0.464 e. The SMILES string of the molecule is CCN1N=C(C(=O)OC)CC1C. The Bertz CT molecular complexity index is 213. The lowest BCUT2D eigenvalue weighted by molar-refractivity contribution is -0.132. The quantitative estimate of drug-likeness (QED) is 0.571. The van der Waals surface area contributed by atoms with Crippen LogP contribution >= 0.6 is 0 Å². The maximum atomic E-state index is 11.0. The Hall–Kier alpha value is -1.06. The second kappa shape index (κ2) is 3.56. The van der Waals surface area contributed by atoms with Crippen LogP contribution in [0.4, 0.5) is 0 Å². The molecule has 68 valence electrons. The van der Waals surface area contributed by atoms with Gasteiger partial charge in [0.05, 0.1) is 13.2 Å². The molecule has 0 aromatic rings. The maximum Gasteiger partial charge on any atom is 0.354 e. The lowest BCUT2D eigenvalue weighted by atomic mass is 10.2. The van der Waals surface area contributed by atoms with Gasteiger partial charge in [0.1, 0.15) is 5.71 Å². The second-order valence-corrected chi connectivity index (χ2v) is 2.85. The fourth-order valence-electron chi connectivity index (χ4n) is 1.30. The van der Waals surface area contributed by atoms with E-state index in [-0.39, 0.29) is 5.97 Å². The molecule has 4 nitrogen and oxygen atoms in total. The molecular weight excluding hydrogens is 156 g/mol. The van der Waals surface area contributed by atoms with E-state index in [0.717, 1.165) is 6.54 Å². The summed E-state index contributed by atoms with van der Waals surface area (Å²) in [7, 11) is 1.38. The zero-order valence-corrected chi connectivity index (χ0v) is 7.70. The van der Waals surface area contributed by atoms with E-state index in [1.165, 1.54) is 7.11 Å². The molecule has 1 aliphatic heterocycles. The van der Waals surface area contributed by atoms with Crippen molar-refractivity contribution in [1.82, 2.24) is 5.01 Å². The van der Waals surface area contributed by atoms with Gasteiger partial charge < -0.3 is 4.74 Å². The number of nitrogens with zero attached hydrogens (tertiary/aromatic N) is 2. The summed E-state index contributed by atoms with van der Waals surface area (Å²) in [4.78, 5) is 11.0. The molecule has 1 unspecified atom stereocenters. The molecule has 0 aliphatic carbocycles. The molecule has 4 heteroatoms. The molecule has 0 aromatic carbocycles. The summed E-state index contributed by atoms with van der Waals surface area (Å²) in [6, 6.07) is 0.323. The van der Waals surface area contributed by atoms with E-state index in [2.05, 4.69) is 9.84 Å². The van der Waals surface area contributed by atoms with Crippen molar-refractivity contribution in [2.75, 3.05) is 13.7 Å². The zero-order valence-electron chi connectivity index (χ0n) is 7.70. The van der Waals surface area contributed by atoms with E-state index in [1.807, 2.05) is 18.9 Å². The third kappa shape index (κ3) is 1.57. The molecule has 0 N–H and O–H groups in total. The van der Waals surface area contributed by atoms with E-state index in [4.69, 9.17) is 0 Å². The zero-order chi connectivity index (χ0) is 9.14. The minimum absolute atomic E-state index is 0.308. The average Bonchev–Trinajstić information content (AvgIpc) is 2.45. The number of methoxy groups -OCH3 is 1. The topological polar surface area (TPSA) is 41.9 Å². The number of carbonyl (C=O) groups is 1. The molecule has 0 saturated carbocycles. The summed E-state index contributed by atoms with van der Waals surface area (Å²) in [6.07, 6.45) is 0.695. The molecular formula is C8H14N2O2. The van der Waals surface area contributed by atoms with Crippen molar-refractivity contribution >= 4 is 11.7 Å². The molecule has 0 aromatic heterocycles. The van der Waals surface area contributed by atoms with Crippen molar-refractivity contribution in [2.24, 2.45) is 5.10 Å². The number of hydrazone groups is 1. The Kier molecular flexibility index (Phi) is 2.68. The lowest BCUT2D eigenvalue weighted by Crippen LogP contribution is -2.22. The van der Waals surface area contributed by atoms with Crippen LogP contribution in [0.15, 0.2) is 5.10 Å². The van der Waals surface area contributed by atoms with Gasteiger partial charge in [-0.3, -0.25) is 5.01 Å². The van der Waals surface area contributed by atoms with E-state index in [9.17, 15) is 4.79 Å². The van der Waals surface area contributed by atoms with Crippen LogP contribution in [0.3, 0.4) is 0 Å². The molecule has 1 heterocycles. The van der Waals surface area contributed by atoms with Gasteiger partial charge in [-0.1, -0.05) is 0 Å². The fraction of sp³-hybridized carbons (Fsp3) is 0.750. The van der Waals surface area contributed by atoms with E-state index >= 15 is 0 Å². The summed E-state index contributed by atoms with van der Waals surface area (Å²) < 4.78 is 4.58. The van der Waals surface area contributed by atoms with E-state index < -0.39 is 0 Å². The molecule has 12 heavy (non-hydrogen) atoms. The van der Waals surface area contributed by atoms with Gasteiger partial charge >= 0.3 is 5.97 Å². The Morgan fingerprint density at radius 3 is 2.92 bits per heavy atom. The number of hydrogen-bond acceptors (Lipinski definition) is 4. The Balaban J connectivity index is 2.64. The van der Waals surface area contributed by atoms with Crippen molar-refractivity contribution in [1.29, 1.82) is 0 Å². The van der Waals surface area contributed by atoms with Gasteiger partial charge in [0, 0.05) is 13.0 Å². The predicted octanol–water partition coefficient (Wildman–Crippen LogP) is 0.630. The molecule has 1 rings (SSSR count). The van der Waals surface area contributed by atoms with Crippen LogP contribution in [0.25, 0.3) is 0 Å². The highest BCUT2D eigenvalue weighted by Gasteiger charge is 2.26. The minimum atomic E-state index is -0.308. The summed E-state index contributed by atoms with van der Waals surface area (Å²) in [5.74, 6) is -0.308. The van der Waals surface area contributed by atoms with Crippen LogP contribution in [0.5, 0.6) is 0 Å². The third-order valence-electron chi connectivity index (χ3n) is 1.99. The van der Waals surface area contributed by atoms with Gasteiger partial charge in [0.2, 0.25) is 0 Å². The van der Waals surface area contributed by atoms with Crippen molar-refractivity contribution in [3.05, 3.63) is 0 Å². The molecule has 0 bridgehead atoms. The summed E-state index contributed by atoms with van der Waals surface area (Å²) in [6.45, 7) is 4.89. The normalized spacial score (nSPS) is 22.4. The standard InChI is InChI=1S/C8H14N2O2/c1-4-10-6(2)5-7(9-10)8(11)12-3/h6H,4-5H2,1-3H3. The third-order valence-corrected chi connectivity index (χ3v) is 1.99. The molecule has 0 radical (unpaired) electrons. The Labute approximate surface area is 72.2 Å². The summed E-state index contributed by atoms with van der Waals surface area (Å²) in [5.41, 5.74) is 0.534. The highest BCUT2D eigenvalue weighted by Crippen LogP contribution is 2.14. The molecule has 1 atom stereocenters. The largest absolute Gasteiger partial charge is 0.464 e. The van der Waals surface area contributed by atoms with Crippen LogP contribution in [-0.2, 0) is 9.53 Å². The Morgan fingerprint density at radius 2 is 2.50 bits per heavy atom. The van der Waals surface area contributed by atoms with Gasteiger partial charge in [0.15, 0.2) is 0 Å². The highest BCUT2D eigenvalue weighted by atomic mass is 16.5. The first-order valence-electron chi connectivity index (χ1n) is 4.11. The van der Waals surface area contributed by atoms with Gasteiger partial charge in [0.25, 0.3) is 0 Å². The highest BCUT2D eigenvalue weighted by molar-refractivity contribution is 6.36. The van der Waals surface area contributed by atoms with Crippen LogP contribution in [0.2, 0.25) is 0 Å². The molecule has 0 spiro atoms. The van der Waals surface area contributed by atoms with Crippen molar-refractivity contribution in [2.45, 2.75) is 26.3 Å². The number of esters is 1. The molecule has 0 fully saturated rings. The average molecular weight is 170 g/mol. The molecule has 1 aliphatic rings. The maximum absolute atomic E-state index is 11.0. The smallest absolute Gasteiger partial charge is 0.354 e. The first-order valence-corrected chi connectivity index (χ1v) is 4.11. The van der Waals surface area contributed by atoms with Crippen LogP contribution in [0.1, 0.15) is 20.3 Å². The predicted molar refractivity (Wildman–Crippen MR) is 45.9 cm³/mol. The van der Waals surface area contributed by atoms with Gasteiger partial charge in [-0.15, -0.1) is 0 Å².